The Balaban J connectivity index is 1.62. The van der Waals surface area contributed by atoms with Crippen molar-refractivity contribution in [1.29, 1.82) is 0 Å². The van der Waals surface area contributed by atoms with Crippen molar-refractivity contribution in [3.8, 4) is 0 Å². The lowest BCUT2D eigenvalue weighted by Gasteiger charge is -2.26. The Bertz CT molecular complexity index is 786. The van der Waals surface area contributed by atoms with E-state index in [1.807, 2.05) is 30.2 Å². The zero-order valence-electron chi connectivity index (χ0n) is 16.4. The molecule has 1 aliphatic heterocycles. The van der Waals surface area contributed by atoms with Crippen molar-refractivity contribution in [2.45, 2.75) is 46.9 Å². The molecule has 0 fully saturated rings. The summed E-state index contributed by atoms with van der Waals surface area (Å²) in [4.78, 5) is 11.2. The molecule has 1 aromatic carbocycles. The van der Waals surface area contributed by atoms with Crippen LogP contribution in [0, 0.1) is 34.6 Å². The molecule has 1 N–H and O–H groups in total. The molecule has 1 aliphatic rings. The van der Waals surface area contributed by atoms with E-state index in [1.165, 1.54) is 38.9 Å². The van der Waals surface area contributed by atoms with E-state index in [2.05, 4.69) is 55.9 Å². The predicted molar refractivity (Wildman–Crippen MR) is 112 cm³/mol. The number of amidine groups is 1. The molecule has 1 aromatic heterocycles. The first-order valence-electron chi connectivity index (χ1n) is 9.05. The highest BCUT2D eigenvalue weighted by Gasteiger charge is 2.16. The van der Waals surface area contributed by atoms with Gasteiger partial charge in [-0.25, -0.2) is 4.99 Å². The second-order valence-electron chi connectivity index (χ2n) is 7.02. The molecule has 3 rings (SSSR count). The highest BCUT2D eigenvalue weighted by atomic mass is 32.2. The highest BCUT2D eigenvalue weighted by Crippen LogP contribution is 2.29. The quantitative estimate of drug-likeness (QED) is 0.877. The Kier molecular flexibility index (Phi) is 5.99. The molecule has 2 heterocycles. The third-order valence-corrected chi connectivity index (χ3v) is 6.49. The lowest BCUT2D eigenvalue weighted by atomic mass is 9.90. The normalized spacial score (nSPS) is 14.9. The van der Waals surface area contributed by atoms with Crippen molar-refractivity contribution < 1.29 is 0 Å². The van der Waals surface area contributed by atoms with E-state index in [0.29, 0.717) is 0 Å². The third-order valence-electron chi connectivity index (χ3n) is 5.51. The van der Waals surface area contributed by atoms with Crippen LogP contribution in [0.3, 0.4) is 0 Å². The fourth-order valence-corrected chi connectivity index (χ4v) is 4.37. The minimum Gasteiger partial charge on any atom is -0.352 e. The second kappa shape index (κ2) is 8.23. The van der Waals surface area contributed by atoms with Crippen molar-refractivity contribution in [2.75, 3.05) is 13.3 Å². The molecule has 4 nitrogen and oxygen atoms in total. The predicted octanol–water partition coefficient (Wildman–Crippen LogP) is 4.23. The van der Waals surface area contributed by atoms with Gasteiger partial charge in [0, 0.05) is 24.7 Å². The molecule has 5 heteroatoms. The van der Waals surface area contributed by atoms with Crippen LogP contribution in [0.5, 0.6) is 0 Å². The van der Waals surface area contributed by atoms with Crippen LogP contribution >= 0.6 is 11.8 Å². The molecule has 0 radical (unpaired) electrons. The second-order valence-corrected chi connectivity index (χ2v) is 7.99. The van der Waals surface area contributed by atoms with Crippen LogP contribution in [0.25, 0.3) is 0 Å². The molecule has 0 unspecified atom stereocenters. The zero-order valence-corrected chi connectivity index (χ0v) is 17.2. The van der Waals surface area contributed by atoms with Gasteiger partial charge in [-0.05, 0) is 79.6 Å². The lowest BCUT2D eigenvalue weighted by Crippen LogP contribution is -2.41. The summed E-state index contributed by atoms with van der Waals surface area (Å²) in [6, 6.07) is 4.09. The van der Waals surface area contributed by atoms with E-state index >= 15 is 0 Å². The summed E-state index contributed by atoms with van der Waals surface area (Å²) in [5.41, 5.74) is 9.79. The number of nitrogens with one attached hydrogen (secondary N) is 1. The molecule has 26 heavy (non-hydrogen) atoms. The molecule has 0 saturated carbocycles. The summed E-state index contributed by atoms with van der Waals surface area (Å²) < 4.78 is 0. The first-order valence-corrected chi connectivity index (χ1v) is 10.0. The van der Waals surface area contributed by atoms with Gasteiger partial charge in [-0.3, -0.25) is 9.88 Å². The zero-order chi connectivity index (χ0) is 18.7. The average Bonchev–Trinajstić information content (AvgIpc) is 2.67. The van der Waals surface area contributed by atoms with Crippen LogP contribution in [-0.4, -0.2) is 28.4 Å². The Morgan fingerprint density at radius 2 is 1.73 bits per heavy atom. The van der Waals surface area contributed by atoms with Crippen molar-refractivity contribution in [2.24, 2.45) is 4.99 Å². The average molecular weight is 369 g/mol. The maximum atomic E-state index is 4.72. The Labute approximate surface area is 161 Å². The van der Waals surface area contributed by atoms with E-state index in [9.17, 15) is 0 Å². The van der Waals surface area contributed by atoms with Gasteiger partial charge in [0.05, 0.1) is 13.3 Å². The van der Waals surface area contributed by atoms with Crippen LogP contribution in [0.2, 0.25) is 0 Å². The Morgan fingerprint density at radius 3 is 2.31 bits per heavy atom. The van der Waals surface area contributed by atoms with Crippen LogP contribution in [0.15, 0.2) is 29.5 Å². The summed E-state index contributed by atoms with van der Waals surface area (Å²) >= 11 is 1.81. The molecule has 0 aliphatic carbocycles. The van der Waals surface area contributed by atoms with E-state index in [1.54, 1.807) is 0 Å². The first-order chi connectivity index (χ1) is 12.5. The van der Waals surface area contributed by atoms with E-state index in [4.69, 9.17) is 4.99 Å². The monoisotopic (exact) mass is 368 g/mol. The SMILES string of the molecule is Cc1c(C)c(C)c(CSC2=NCN(Cc3cccnc3)CN2)c(C)c1C. The standard InChI is InChI=1S/C21H28N4S/c1-14-15(2)17(4)20(18(5)16(14)3)11-26-21-23-12-25(13-24-21)10-19-7-6-8-22-9-19/h6-9H,10-13H2,1-5H3,(H,23,24). The fraction of sp³-hybridized carbons (Fsp3) is 0.429. The Hall–Kier alpha value is -1.85. The van der Waals surface area contributed by atoms with Gasteiger partial charge in [0.15, 0.2) is 5.17 Å². The third kappa shape index (κ3) is 4.10. The maximum absolute atomic E-state index is 4.72. The van der Waals surface area contributed by atoms with Gasteiger partial charge in [-0.15, -0.1) is 0 Å². The fourth-order valence-electron chi connectivity index (χ4n) is 3.34. The number of benzene rings is 1. The summed E-state index contributed by atoms with van der Waals surface area (Å²) in [7, 11) is 0. The summed E-state index contributed by atoms with van der Waals surface area (Å²) in [5.74, 6) is 0.966. The molecular weight excluding hydrogens is 340 g/mol. The first kappa shape index (κ1) is 18.9. The Morgan fingerprint density at radius 1 is 1.04 bits per heavy atom. The summed E-state index contributed by atoms with van der Waals surface area (Å²) in [5, 5.41) is 4.50. The van der Waals surface area contributed by atoms with Gasteiger partial charge in [-0.1, -0.05) is 17.8 Å². The molecule has 0 bridgehead atoms. The summed E-state index contributed by atoms with van der Waals surface area (Å²) in [6.45, 7) is 13.6. The number of hydrogen-bond donors (Lipinski definition) is 1. The van der Waals surface area contributed by atoms with Gasteiger partial charge in [0.2, 0.25) is 0 Å². The van der Waals surface area contributed by atoms with Gasteiger partial charge < -0.3 is 5.32 Å². The van der Waals surface area contributed by atoms with Crippen molar-refractivity contribution in [3.05, 3.63) is 63.5 Å². The topological polar surface area (TPSA) is 40.5 Å². The van der Waals surface area contributed by atoms with Crippen LogP contribution in [0.1, 0.15) is 38.9 Å². The van der Waals surface area contributed by atoms with E-state index < -0.39 is 0 Å². The minimum absolute atomic E-state index is 0.730. The number of nitrogens with zero attached hydrogens (tertiary/aromatic N) is 3. The number of hydrogen-bond acceptors (Lipinski definition) is 5. The lowest BCUT2D eigenvalue weighted by molar-refractivity contribution is 0.258. The minimum atomic E-state index is 0.730. The van der Waals surface area contributed by atoms with Gasteiger partial charge in [0.1, 0.15) is 0 Å². The number of rotatable bonds is 4. The highest BCUT2D eigenvalue weighted by molar-refractivity contribution is 8.13. The van der Waals surface area contributed by atoms with Crippen molar-refractivity contribution in [3.63, 3.8) is 0 Å². The van der Waals surface area contributed by atoms with Crippen LogP contribution < -0.4 is 5.32 Å². The molecule has 0 saturated heterocycles. The molecule has 0 atom stereocenters. The van der Waals surface area contributed by atoms with Crippen molar-refractivity contribution >= 4 is 16.9 Å². The largest absolute Gasteiger partial charge is 0.352 e. The van der Waals surface area contributed by atoms with Gasteiger partial charge in [0.25, 0.3) is 0 Å². The number of pyridine rings is 1. The van der Waals surface area contributed by atoms with Gasteiger partial charge in [-0.2, -0.15) is 0 Å². The smallest absolute Gasteiger partial charge is 0.159 e. The van der Waals surface area contributed by atoms with Crippen LogP contribution in [0.4, 0.5) is 0 Å². The molecular formula is C21H28N4S. The molecule has 138 valence electrons. The van der Waals surface area contributed by atoms with Crippen LogP contribution in [-0.2, 0) is 12.3 Å². The van der Waals surface area contributed by atoms with E-state index in [0.717, 1.165) is 30.8 Å². The van der Waals surface area contributed by atoms with Crippen molar-refractivity contribution in [1.82, 2.24) is 15.2 Å². The number of aliphatic imine (C=N–C) groups is 1. The summed E-state index contributed by atoms with van der Waals surface area (Å²) in [6.07, 6.45) is 3.73. The molecule has 0 spiro atoms. The van der Waals surface area contributed by atoms with E-state index in [-0.39, 0.29) is 0 Å². The molecule has 0 amide bonds. The number of thioether (sulfide) groups is 1. The molecule has 2 aromatic rings. The maximum Gasteiger partial charge on any atom is 0.159 e. The van der Waals surface area contributed by atoms with Gasteiger partial charge >= 0.3 is 0 Å². The number of aromatic nitrogens is 1.